The van der Waals surface area contributed by atoms with Crippen molar-refractivity contribution in [2.24, 2.45) is 5.73 Å². The van der Waals surface area contributed by atoms with E-state index in [1.807, 2.05) is 0 Å². The molecule has 0 bridgehead atoms. The molecule has 0 fully saturated rings. The van der Waals surface area contributed by atoms with Gasteiger partial charge in [0, 0.05) is 12.5 Å². The van der Waals surface area contributed by atoms with Crippen LogP contribution in [-0.2, 0) is 0 Å². The van der Waals surface area contributed by atoms with Crippen molar-refractivity contribution < 1.29 is 9.66 Å². The van der Waals surface area contributed by atoms with Crippen LogP contribution in [0.15, 0.2) is 24.3 Å². The summed E-state index contributed by atoms with van der Waals surface area (Å²) >= 11 is 0. The third-order valence-corrected chi connectivity index (χ3v) is 2.14. The number of rotatable bonds is 7. The highest BCUT2D eigenvalue weighted by Gasteiger charge is 2.05. The number of nitro groups is 1. The van der Waals surface area contributed by atoms with Crippen molar-refractivity contribution in [3.63, 3.8) is 0 Å². The van der Waals surface area contributed by atoms with Gasteiger partial charge < -0.3 is 10.5 Å². The van der Waals surface area contributed by atoms with Crippen LogP contribution in [0.5, 0.6) is 5.75 Å². The molecule has 0 spiro atoms. The highest BCUT2D eigenvalue weighted by atomic mass is 16.6. The molecule has 0 amide bonds. The molecule has 1 aromatic carbocycles. The molecule has 0 aliphatic heterocycles. The van der Waals surface area contributed by atoms with Crippen LogP contribution in [0.3, 0.4) is 0 Å². The molecule has 0 saturated heterocycles. The number of nitrogens with two attached hydrogens (primary N) is 1. The Balaban J connectivity index is 2.34. The molecule has 6 nitrogen and oxygen atoms in total. The Morgan fingerprint density at radius 2 is 2.24 bits per heavy atom. The van der Waals surface area contributed by atoms with Gasteiger partial charge in [-0.15, -0.1) is 0 Å². The minimum atomic E-state index is -0.456. The summed E-state index contributed by atoms with van der Waals surface area (Å²) in [5.41, 5.74) is 5.23. The van der Waals surface area contributed by atoms with Gasteiger partial charge in [-0.25, -0.2) is 0 Å². The van der Waals surface area contributed by atoms with Crippen LogP contribution < -0.4 is 10.5 Å². The molecule has 6 heteroatoms. The average molecular weight is 237 g/mol. The Kier molecular flexibility index (Phi) is 4.93. The molecule has 0 unspecified atom stereocenters. The fourth-order valence-corrected chi connectivity index (χ4v) is 1.29. The first-order valence-corrected chi connectivity index (χ1v) is 5.30. The number of unbranched alkanes of at least 4 members (excludes halogenated alkanes) is 1. The number of benzene rings is 1. The van der Waals surface area contributed by atoms with Crippen molar-refractivity contribution in [1.82, 2.24) is 0 Å². The molecular weight excluding hydrogens is 222 g/mol. The number of nitrogens with zero attached hydrogens (tertiary/aromatic N) is 1. The molecule has 0 heterocycles. The van der Waals surface area contributed by atoms with Gasteiger partial charge in [0.2, 0.25) is 0 Å². The Labute approximate surface area is 99.0 Å². The van der Waals surface area contributed by atoms with Crippen molar-refractivity contribution in [1.29, 1.82) is 5.41 Å². The second-order valence-electron chi connectivity index (χ2n) is 3.59. The average Bonchev–Trinajstić information content (AvgIpc) is 2.28. The molecule has 1 aromatic rings. The van der Waals surface area contributed by atoms with E-state index >= 15 is 0 Å². The summed E-state index contributed by atoms with van der Waals surface area (Å²) in [6, 6.07) is 6.08. The van der Waals surface area contributed by atoms with Crippen LogP contribution in [0, 0.1) is 15.5 Å². The predicted octanol–water partition coefficient (Wildman–Crippen LogP) is 2.08. The van der Waals surface area contributed by atoms with E-state index < -0.39 is 4.92 Å². The smallest absolute Gasteiger partial charge is 0.273 e. The fourth-order valence-electron chi connectivity index (χ4n) is 1.29. The molecule has 92 valence electrons. The van der Waals surface area contributed by atoms with Gasteiger partial charge in [-0.1, -0.05) is 6.07 Å². The van der Waals surface area contributed by atoms with Crippen LogP contribution in [0.25, 0.3) is 0 Å². The molecule has 0 aliphatic carbocycles. The van der Waals surface area contributed by atoms with Crippen molar-refractivity contribution in [2.45, 2.75) is 19.3 Å². The maximum Gasteiger partial charge on any atom is 0.273 e. The SMILES string of the molecule is N=C(N)CCCCOc1cccc([N+](=O)[O-])c1. The molecule has 0 saturated carbocycles. The van der Waals surface area contributed by atoms with E-state index in [9.17, 15) is 10.1 Å². The maximum absolute atomic E-state index is 10.5. The fraction of sp³-hybridized carbons (Fsp3) is 0.364. The molecule has 0 atom stereocenters. The van der Waals surface area contributed by atoms with Crippen LogP contribution in [0.1, 0.15) is 19.3 Å². The van der Waals surface area contributed by atoms with Gasteiger partial charge in [0.05, 0.1) is 23.4 Å². The Hall–Kier alpha value is -2.11. The zero-order chi connectivity index (χ0) is 12.7. The summed E-state index contributed by atoms with van der Waals surface area (Å²) in [7, 11) is 0. The number of nitrogens with one attached hydrogen (secondary N) is 1. The van der Waals surface area contributed by atoms with Gasteiger partial charge in [0.15, 0.2) is 0 Å². The van der Waals surface area contributed by atoms with Crippen LogP contribution >= 0.6 is 0 Å². The first-order valence-electron chi connectivity index (χ1n) is 5.30. The molecule has 0 aliphatic rings. The minimum Gasteiger partial charge on any atom is -0.493 e. The second-order valence-corrected chi connectivity index (χ2v) is 3.59. The van der Waals surface area contributed by atoms with E-state index in [1.165, 1.54) is 12.1 Å². The molecular formula is C11H15N3O3. The number of ether oxygens (including phenoxy) is 1. The second kappa shape index (κ2) is 6.47. The van der Waals surface area contributed by atoms with E-state index in [1.54, 1.807) is 12.1 Å². The van der Waals surface area contributed by atoms with Gasteiger partial charge in [-0.2, -0.15) is 0 Å². The highest BCUT2D eigenvalue weighted by molar-refractivity contribution is 5.76. The summed E-state index contributed by atoms with van der Waals surface area (Å²) < 4.78 is 5.36. The lowest BCUT2D eigenvalue weighted by molar-refractivity contribution is -0.384. The minimum absolute atomic E-state index is 0.0197. The summed E-state index contributed by atoms with van der Waals surface area (Å²) in [6.45, 7) is 0.467. The number of nitro benzene ring substituents is 1. The van der Waals surface area contributed by atoms with Gasteiger partial charge in [-0.3, -0.25) is 15.5 Å². The van der Waals surface area contributed by atoms with Crippen LogP contribution in [0.4, 0.5) is 5.69 Å². The number of hydrogen-bond acceptors (Lipinski definition) is 4. The van der Waals surface area contributed by atoms with Gasteiger partial charge >= 0.3 is 0 Å². The first kappa shape index (κ1) is 13.0. The standard InChI is InChI=1S/C11H15N3O3/c12-11(13)6-1-2-7-17-10-5-3-4-9(8-10)14(15)16/h3-5,8H,1-2,6-7H2,(H3,12,13). The van der Waals surface area contributed by atoms with Crippen molar-refractivity contribution >= 4 is 11.5 Å². The lowest BCUT2D eigenvalue weighted by Gasteiger charge is -2.05. The van der Waals surface area contributed by atoms with E-state index in [4.69, 9.17) is 15.9 Å². The van der Waals surface area contributed by atoms with E-state index in [-0.39, 0.29) is 11.5 Å². The molecule has 0 radical (unpaired) electrons. The zero-order valence-corrected chi connectivity index (χ0v) is 9.39. The molecule has 17 heavy (non-hydrogen) atoms. The largest absolute Gasteiger partial charge is 0.493 e. The van der Waals surface area contributed by atoms with Gasteiger partial charge in [-0.05, 0) is 18.9 Å². The summed E-state index contributed by atoms with van der Waals surface area (Å²) in [4.78, 5) is 10.1. The molecule has 3 N–H and O–H groups in total. The Morgan fingerprint density at radius 3 is 2.88 bits per heavy atom. The van der Waals surface area contributed by atoms with Crippen molar-refractivity contribution in [3.05, 3.63) is 34.4 Å². The van der Waals surface area contributed by atoms with Crippen molar-refractivity contribution in [3.8, 4) is 5.75 Å². The van der Waals surface area contributed by atoms with Crippen LogP contribution in [0.2, 0.25) is 0 Å². The topological polar surface area (TPSA) is 102 Å². The van der Waals surface area contributed by atoms with Crippen LogP contribution in [-0.4, -0.2) is 17.4 Å². The first-order chi connectivity index (χ1) is 8.09. The predicted molar refractivity (Wildman–Crippen MR) is 64.4 cm³/mol. The third-order valence-electron chi connectivity index (χ3n) is 2.14. The number of amidine groups is 1. The van der Waals surface area contributed by atoms with E-state index in [0.717, 1.165) is 12.8 Å². The summed E-state index contributed by atoms with van der Waals surface area (Å²) in [6.07, 6.45) is 2.10. The summed E-state index contributed by atoms with van der Waals surface area (Å²) in [5.74, 6) is 0.655. The summed E-state index contributed by atoms with van der Waals surface area (Å²) in [5, 5.41) is 17.5. The van der Waals surface area contributed by atoms with Crippen molar-refractivity contribution in [2.75, 3.05) is 6.61 Å². The molecule has 0 aromatic heterocycles. The number of non-ortho nitro benzene ring substituents is 1. The number of hydrogen-bond donors (Lipinski definition) is 2. The monoisotopic (exact) mass is 237 g/mol. The normalized spacial score (nSPS) is 9.88. The van der Waals surface area contributed by atoms with E-state index in [2.05, 4.69) is 0 Å². The van der Waals surface area contributed by atoms with Gasteiger partial charge in [0.1, 0.15) is 5.75 Å². The molecule has 1 rings (SSSR count). The lowest BCUT2D eigenvalue weighted by atomic mass is 10.2. The van der Waals surface area contributed by atoms with Gasteiger partial charge in [0.25, 0.3) is 5.69 Å². The Bertz CT molecular complexity index is 407. The quantitative estimate of drug-likeness (QED) is 0.249. The maximum atomic E-state index is 10.5. The highest BCUT2D eigenvalue weighted by Crippen LogP contribution is 2.19. The zero-order valence-electron chi connectivity index (χ0n) is 9.39. The van der Waals surface area contributed by atoms with E-state index in [0.29, 0.717) is 18.8 Å². The third kappa shape index (κ3) is 4.96. The lowest BCUT2D eigenvalue weighted by Crippen LogP contribution is -2.09. The Morgan fingerprint density at radius 1 is 1.47 bits per heavy atom.